The van der Waals surface area contributed by atoms with Crippen LogP contribution in [0, 0.1) is 0 Å². The molecule has 0 bridgehead atoms. The van der Waals surface area contributed by atoms with Crippen LogP contribution in [0.2, 0.25) is 10.2 Å². The van der Waals surface area contributed by atoms with Crippen LogP contribution in [0.15, 0.2) is 11.1 Å². The zero-order valence-corrected chi connectivity index (χ0v) is 10.7. The zero-order chi connectivity index (χ0) is 11.3. The van der Waals surface area contributed by atoms with Crippen molar-refractivity contribution >= 4 is 35.0 Å². The van der Waals surface area contributed by atoms with Gasteiger partial charge in [0.15, 0.2) is 5.15 Å². The maximum absolute atomic E-state index is 11.6. The third-order valence-electron chi connectivity index (χ3n) is 1.83. The fourth-order valence-corrected chi connectivity index (χ4v) is 1.99. The van der Waals surface area contributed by atoms with Gasteiger partial charge in [0.2, 0.25) is 0 Å². The van der Waals surface area contributed by atoms with Crippen LogP contribution in [0.25, 0.3) is 0 Å². The molecule has 15 heavy (non-hydrogen) atoms. The SMILES string of the molecule is CCSCCCn1cnc(Cl)c(Cl)c1=O. The van der Waals surface area contributed by atoms with Gasteiger partial charge in [-0.3, -0.25) is 9.36 Å². The van der Waals surface area contributed by atoms with E-state index in [1.807, 2.05) is 11.8 Å². The molecule has 0 spiro atoms. The molecule has 0 unspecified atom stereocenters. The van der Waals surface area contributed by atoms with Gasteiger partial charge >= 0.3 is 0 Å². The Labute approximate surface area is 103 Å². The van der Waals surface area contributed by atoms with E-state index in [1.165, 1.54) is 10.9 Å². The summed E-state index contributed by atoms with van der Waals surface area (Å²) < 4.78 is 1.49. The van der Waals surface area contributed by atoms with Gasteiger partial charge in [0.05, 0.1) is 6.33 Å². The number of rotatable bonds is 5. The van der Waals surface area contributed by atoms with E-state index in [0.717, 1.165) is 17.9 Å². The van der Waals surface area contributed by atoms with Gasteiger partial charge in [0, 0.05) is 6.54 Å². The van der Waals surface area contributed by atoms with Crippen molar-refractivity contribution in [3.8, 4) is 0 Å². The Morgan fingerprint density at radius 3 is 2.93 bits per heavy atom. The second-order valence-electron chi connectivity index (χ2n) is 2.90. The van der Waals surface area contributed by atoms with E-state index in [-0.39, 0.29) is 15.7 Å². The number of hydrogen-bond donors (Lipinski definition) is 0. The number of aryl methyl sites for hydroxylation is 1. The van der Waals surface area contributed by atoms with Crippen molar-refractivity contribution < 1.29 is 0 Å². The van der Waals surface area contributed by atoms with Gasteiger partial charge in [-0.1, -0.05) is 30.1 Å². The first-order valence-corrected chi connectivity index (χ1v) is 6.56. The number of nitrogens with zero attached hydrogens (tertiary/aromatic N) is 2. The number of halogens is 2. The minimum atomic E-state index is -0.266. The quantitative estimate of drug-likeness (QED) is 0.607. The van der Waals surface area contributed by atoms with Crippen molar-refractivity contribution in [2.75, 3.05) is 11.5 Å². The highest BCUT2D eigenvalue weighted by molar-refractivity contribution is 7.99. The van der Waals surface area contributed by atoms with Gasteiger partial charge in [-0.15, -0.1) is 0 Å². The van der Waals surface area contributed by atoms with E-state index >= 15 is 0 Å². The van der Waals surface area contributed by atoms with Crippen molar-refractivity contribution in [3.05, 3.63) is 26.9 Å². The molecule has 1 aromatic heterocycles. The number of thioether (sulfide) groups is 1. The summed E-state index contributed by atoms with van der Waals surface area (Å²) in [4.78, 5) is 15.4. The minimum absolute atomic E-state index is 0.00214. The molecule has 0 aliphatic carbocycles. The van der Waals surface area contributed by atoms with E-state index in [1.54, 1.807) is 0 Å². The summed E-state index contributed by atoms with van der Waals surface area (Å²) in [5.41, 5.74) is -0.266. The summed E-state index contributed by atoms with van der Waals surface area (Å²) in [6.07, 6.45) is 2.37. The third-order valence-corrected chi connectivity index (χ3v) is 3.54. The van der Waals surface area contributed by atoms with Crippen LogP contribution >= 0.6 is 35.0 Å². The number of aromatic nitrogens is 2. The van der Waals surface area contributed by atoms with Crippen molar-refractivity contribution in [2.45, 2.75) is 19.9 Å². The molecule has 1 heterocycles. The van der Waals surface area contributed by atoms with Crippen LogP contribution in [0.5, 0.6) is 0 Å². The summed E-state index contributed by atoms with van der Waals surface area (Å²) in [5.74, 6) is 2.12. The molecule has 84 valence electrons. The molecule has 0 amide bonds. The Kier molecular flexibility index (Phi) is 5.50. The molecule has 1 rings (SSSR count). The molecule has 0 aliphatic heterocycles. The highest BCUT2D eigenvalue weighted by atomic mass is 35.5. The van der Waals surface area contributed by atoms with Gasteiger partial charge in [0.1, 0.15) is 5.02 Å². The summed E-state index contributed by atoms with van der Waals surface area (Å²) in [7, 11) is 0. The monoisotopic (exact) mass is 266 g/mol. The summed E-state index contributed by atoms with van der Waals surface area (Å²) in [6.45, 7) is 2.74. The lowest BCUT2D eigenvalue weighted by Gasteiger charge is -2.05. The molecular weight excluding hydrogens is 255 g/mol. The summed E-state index contributed by atoms with van der Waals surface area (Å²) in [5, 5.41) is 0.0724. The van der Waals surface area contributed by atoms with Gasteiger partial charge in [-0.2, -0.15) is 11.8 Å². The van der Waals surface area contributed by atoms with Crippen LogP contribution in [0.4, 0.5) is 0 Å². The smallest absolute Gasteiger partial charge is 0.273 e. The lowest BCUT2D eigenvalue weighted by molar-refractivity contribution is 0.645. The highest BCUT2D eigenvalue weighted by Gasteiger charge is 2.06. The maximum Gasteiger partial charge on any atom is 0.273 e. The van der Waals surface area contributed by atoms with Crippen molar-refractivity contribution in [3.63, 3.8) is 0 Å². The average molecular weight is 267 g/mol. The Bertz CT molecular complexity index is 381. The van der Waals surface area contributed by atoms with Crippen LogP contribution < -0.4 is 5.56 Å². The summed E-state index contributed by atoms with van der Waals surface area (Å²) >= 11 is 13.1. The molecule has 0 saturated carbocycles. The van der Waals surface area contributed by atoms with E-state index in [2.05, 4.69) is 11.9 Å². The van der Waals surface area contributed by atoms with E-state index in [9.17, 15) is 4.79 Å². The Hall–Kier alpha value is -0.190. The third kappa shape index (κ3) is 3.70. The van der Waals surface area contributed by atoms with Crippen LogP contribution in [0.3, 0.4) is 0 Å². The van der Waals surface area contributed by atoms with Gasteiger partial charge in [-0.05, 0) is 17.9 Å². The second-order valence-corrected chi connectivity index (χ2v) is 5.03. The predicted octanol–water partition coefficient (Wildman–Crippen LogP) is 2.69. The van der Waals surface area contributed by atoms with Crippen molar-refractivity contribution in [2.24, 2.45) is 0 Å². The zero-order valence-electron chi connectivity index (χ0n) is 8.37. The minimum Gasteiger partial charge on any atom is -0.298 e. The first kappa shape index (κ1) is 12.9. The number of hydrogen-bond acceptors (Lipinski definition) is 3. The maximum atomic E-state index is 11.6. The molecule has 0 radical (unpaired) electrons. The lowest BCUT2D eigenvalue weighted by Crippen LogP contribution is -2.21. The van der Waals surface area contributed by atoms with Crippen LogP contribution in [-0.2, 0) is 6.54 Å². The molecule has 0 aliphatic rings. The van der Waals surface area contributed by atoms with Crippen molar-refractivity contribution in [1.29, 1.82) is 0 Å². The molecule has 0 N–H and O–H groups in total. The first-order chi connectivity index (χ1) is 7.16. The van der Waals surface area contributed by atoms with Crippen molar-refractivity contribution in [1.82, 2.24) is 9.55 Å². The summed E-state index contributed by atoms with van der Waals surface area (Å²) in [6, 6.07) is 0. The molecule has 0 fully saturated rings. The van der Waals surface area contributed by atoms with Gasteiger partial charge in [0.25, 0.3) is 5.56 Å². The Balaban J connectivity index is 2.63. The topological polar surface area (TPSA) is 34.9 Å². The van der Waals surface area contributed by atoms with E-state index < -0.39 is 0 Å². The van der Waals surface area contributed by atoms with Gasteiger partial charge in [-0.25, -0.2) is 4.98 Å². The Morgan fingerprint density at radius 1 is 1.53 bits per heavy atom. The molecule has 6 heteroatoms. The average Bonchev–Trinajstić information content (AvgIpc) is 2.24. The first-order valence-electron chi connectivity index (χ1n) is 4.65. The fourth-order valence-electron chi connectivity index (χ4n) is 1.08. The normalized spacial score (nSPS) is 10.6. The molecule has 0 atom stereocenters. The molecular formula is C9H12Cl2N2OS. The highest BCUT2D eigenvalue weighted by Crippen LogP contribution is 2.12. The fraction of sp³-hybridized carbons (Fsp3) is 0.556. The second kappa shape index (κ2) is 6.40. The molecule has 0 aromatic carbocycles. The van der Waals surface area contributed by atoms with Gasteiger partial charge < -0.3 is 0 Å². The Morgan fingerprint density at radius 2 is 2.27 bits per heavy atom. The molecule has 0 saturated heterocycles. The molecule has 1 aromatic rings. The largest absolute Gasteiger partial charge is 0.298 e. The van der Waals surface area contributed by atoms with Crippen LogP contribution in [0.1, 0.15) is 13.3 Å². The molecule has 3 nitrogen and oxygen atoms in total. The predicted molar refractivity (Wildman–Crippen MR) is 66.1 cm³/mol. The van der Waals surface area contributed by atoms with E-state index in [4.69, 9.17) is 23.2 Å². The van der Waals surface area contributed by atoms with Crippen LogP contribution in [-0.4, -0.2) is 21.1 Å². The lowest BCUT2D eigenvalue weighted by atomic mass is 10.4. The van der Waals surface area contributed by atoms with E-state index in [0.29, 0.717) is 6.54 Å². The standard InChI is InChI=1S/C9H12Cl2N2OS/c1-2-15-5-3-4-13-6-12-8(11)7(10)9(13)14/h6H,2-5H2,1H3.